The van der Waals surface area contributed by atoms with E-state index < -0.39 is 17.4 Å². The second kappa shape index (κ2) is 13.7. The minimum Gasteiger partial charge on any atom is -0.465 e. The largest absolute Gasteiger partial charge is 0.465 e. The van der Waals surface area contributed by atoms with Crippen molar-refractivity contribution in [2.75, 3.05) is 80.2 Å². The van der Waals surface area contributed by atoms with E-state index in [-0.39, 0.29) is 18.4 Å². The molecule has 0 radical (unpaired) electrons. The number of piperazine rings is 1. The molecule has 1 aliphatic carbocycles. The van der Waals surface area contributed by atoms with Gasteiger partial charge in [0.05, 0.1) is 6.61 Å². The number of nitrogens with zero attached hydrogens (tertiary/aromatic N) is 7. The van der Waals surface area contributed by atoms with Crippen LogP contribution in [-0.2, 0) is 19.1 Å². The zero-order valence-corrected chi connectivity index (χ0v) is 25.7. The standard InChI is InChI=1S/C30H49N7O4/c1-6-33(7-2)24-22-25(32-29(31-24)34(8-3)9-4)35-18-20-36(21-19-35)26(38)23-14-13-17-37(23)27(39)30(15-11-12-16-30)28(40)41-10-5/h22-23H,6-21H2,1-5H3. The number of aromatic nitrogens is 2. The Hall–Kier alpha value is -3.11. The molecular weight excluding hydrogens is 522 g/mol. The summed E-state index contributed by atoms with van der Waals surface area (Å²) in [5.74, 6) is 1.89. The Labute approximate surface area is 245 Å². The summed E-state index contributed by atoms with van der Waals surface area (Å²) in [5.41, 5.74) is -1.13. The molecule has 2 amide bonds. The van der Waals surface area contributed by atoms with Crippen molar-refractivity contribution >= 4 is 35.4 Å². The molecule has 3 fully saturated rings. The van der Waals surface area contributed by atoms with Gasteiger partial charge in [0.1, 0.15) is 23.1 Å². The van der Waals surface area contributed by atoms with Crippen molar-refractivity contribution in [1.82, 2.24) is 19.8 Å². The van der Waals surface area contributed by atoms with E-state index in [1.54, 1.807) is 11.8 Å². The maximum absolute atomic E-state index is 13.8. The Morgan fingerprint density at radius 2 is 1.51 bits per heavy atom. The monoisotopic (exact) mass is 571 g/mol. The fourth-order valence-electron chi connectivity index (χ4n) is 6.59. The van der Waals surface area contributed by atoms with Gasteiger partial charge < -0.3 is 29.2 Å². The molecule has 228 valence electrons. The van der Waals surface area contributed by atoms with E-state index in [0.29, 0.717) is 52.0 Å². The summed E-state index contributed by atoms with van der Waals surface area (Å²) in [6, 6.07) is 1.55. The number of rotatable bonds is 11. The first kappa shape index (κ1) is 30.8. The minimum atomic E-state index is -1.13. The quantitative estimate of drug-likeness (QED) is 0.293. The van der Waals surface area contributed by atoms with Gasteiger partial charge in [0.15, 0.2) is 0 Å². The fraction of sp³-hybridized carbons (Fsp3) is 0.767. The molecule has 41 heavy (non-hydrogen) atoms. The highest BCUT2D eigenvalue weighted by Gasteiger charge is 2.53. The lowest BCUT2D eigenvalue weighted by Gasteiger charge is -2.39. The van der Waals surface area contributed by atoms with Crippen molar-refractivity contribution in [3.05, 3.63) is 6.07 Å². The predicted molar refractivity (Wildman–Crippen MR) is 160 cm³/mol. The Morgan fingerprint density at radius 1 is 0.878 bits per heavy atom. The molecule has 0 aromatic carbocycles. The molecule has 3 heterocycles. The van der Waals surface area contributed by atoms with Crippen molar-refractivity contribution in [2.24, 2.45) is 5.41 Å². The molecule has 11 nitrogen and oxygen atoms in total. The van der Waals surface area contributed by atoms with Crippen molar-refractivity contribution < 1.29 is 19.1 Å². The van der Waals surface area contributed by atoms with Crippen LogP contribution in [0.25, 0.3) is 0 Å². The third-order valence-electron chi connectivity index (χ3n) is 9.07. The maximum atomic E-state index is 13.8. The van der Waals surface area contributed by atoms with Crippen molar-refractivity contribution in [3.63, 3.8) is 0 Å². The van der Waals surface area contributed by atoms with Gasteiger partial charge in [0.2, 0.25) is 17.8 Å². The van der Waals surface area contributed by atoms with Crippen LogP contribution in [0.3, 0.4) is 0 Å². The lowest BCUT2D eigenvalue weighted by molar-refractivity contribution is -0.167. The summed E-state index contributed by atoms with van der Waals surface area (Å²) in [4.78, 5) is 60.5. The molecule has 1 unspecified atom stereocenters. The average Bonchev–Trinajstić information content (AvgIpc) is 3.69. The van der Waals surface area contributed by atoms with E-state index in [4.69, 9.17) is 14.7 Å². The van der Waals surface area contributed by atoms with Crippen LogP contribution >= 0.6 is 0 Å². The molecule has 0 N–H and O–H groups in total. The predicted octanol–water partition coefficient (Wildman–Crippen LogP) is 2.93. The van der Waals surface area contributed by atoms with Gasteiger partial charge in [-0.3, -0.25) is 14.4 Å². The zero-order valence-electron chi connectivity index (χ0n) is 25.7. The number of hydrogen-bond donors (Lipinski definition) is 0. The number of esters is 1. The summed E-state index contributed by atoms with van der Waals surface area (Å²) in [6.45, 7) is 16.8. The molecule has 1 saturated carbocycles. The van der Waals surface area contributed by atoms with E-state index >= 15 is 0 Å². The van der Waals surface area contributed by atoms with Gasteiger partial charge in [0, 0.05) is 65.0 Å². The SMILES string of the molecule is CCOC(=O)C1(C(=O)N2CCCC2C(=O)N2CCN(c3cc(N(CC)CC)nc(N(CC)CC)n3)CC2)CCCC1. The summed E-state index contributed by atoms with van der Waals surface area (Å²) in [5, 5.41) is 0. The number of anilines is 3. The van der Waals surface area contributed by atoms with Gasteiger partial charge in [-0.05, 0) is 60.3 Å². The van der Waals surface area contributed by atoms with Crippen molar-refractivity contribution in [1.29, 1.82) is 0 Å². The van der Waals surface area contributed by atoms with Gasteiger partial charge in [-0.1, -0.05) is 12.8 Å². The highest BCUT2D eigenvalue weighted by molar-refractivity contribution is 6.04. The second-order valence-electron chi connectivity index (χ2n) is 11.2. The van der Waals surface area contributed by atoms with E-state index in [1.165, 1.54) is 0 Å². The molecule has 3 aliphatic rings. The molecule has 4 rings (SSSR count). The smallest absolute Gasteiger partial charge is 0.321 e. The van der Waals surface area contributed by atoms with E-state index in [2.05, 4.69) is 48.5 Å². The molecule has 0 spiro atoms. The molecule has 1 aromatic rings. The van der Waals surface area contributed by atoms with Crippen LogP contribution in [0.4, 0.5) is 17.6 Å². The second-order valence-corrected chi connectivity index (χ2v) is 11.2. The zero-order chi connectivity index (χ0) is 29.6. The molecule has 1 aromatic heterocycles. The molecule has 0 bridgehead atoms. The molecule has 2 saturated heterocycles. The summed E-state index contributed by atoms with van der Waals surface area (Å²) < 4.78 is 5.35. The van der Waals surface area contributed by atoms with Crippen molar-refractivity contribution in [3.8, 4) is 0 Å². The lowest BCUT2D eigenvalue weighted by Crippen LogP contribution is -2.57. The molecule has 1 atom stereocenters. The Balaban J connectivity index is 1.47. The normalized spacial score (nSPS) is 20.3. The van der Waals surface area contributed by atoms with Gasteiger partial charge in [-0.15, -0.1) is 0 Å². The van der Waals surface area contributed by atoms with Crippen LogP contribution in [0.1, 0.15) is 73.1 Å². The minimum absolute atomic E-state index is 0.0112. The Kier molecular flexibility index (Phi) is 10.3. The lowest BCUT2D eigenvalue weighted by atomic mass is 9.84. The van der Waals surface area contributed by atoms with Gasteiger partial charge in [0.25, 0.3) is 0 Å². The molecule has 11 heteroatoms. The van der Waals surface area contributed by atoms with Crippen molar-refractivity contribution in [2.45, 2.75) is 79.2 Å². The number of likely N-dealkylation sites (tertiary alicyclic amines) is 1. The summed E-state index contributed by atoms with van der Waals surface area (Å²) in [7, 11) is 0. The van der Waals surface area contributed by atoms with Crippen LogP contribution in [0, 0.1) is 5.41 Å². The van der Waals surface area contributed by atoms with Crippen LogP contribution < -0.4 is 14.7 Å². The third kappa shape index (κ3) is 6.23. The highest BCUT2D eigenvalue weighted by Crippen LogP contribution is 2.42. The molecule has 2 aliphatic heterocycles. The number of hydrogen-bond acceptors (Lipinski definition) is 9. The summed E-state index contributed by atoms with van der Waals surface area (Å²) in [6.07, 6.45) is 4.07. The first-order valence-corrected chi connectivity index (χ1v) is 15.7. The first-order chi connectivity index (χ1) is 19.8. The number of carbonyl (C=O) groups is 3. The number of carbonyl (C=O) groups excluding carboxylic acids is 3. The van der Waals surface area contributed by atoms with Gasteiger partial charge in [-0.25, -0.2) is 0 Å². The Bertz CT molecular complexity index is 1030. The van der Waals surface area contributed by atoms with E-state index in [0.717, 1.165) is 63.0 Å². The van der Waals surface area contributed by atoms with Crippen LogP contribution in [-0.4, -0.2) is 109 Å². The van der Waals surface area contributed by atoms with Gasteiger partial charge in [-0.2, -0.15) is 9.97 Å². The highest BCUT2D eigenvalue weighted by atomic mass is 16.5. The van der Waals surface area contributed by atoms with Crippen LogP contribution in [0.15, 0.2) is 6.07 Å². The topological polar surface area (TPSA) is 102 Å². The Morgan fingerprint density at radius 3 is 2.10 bits per heavy atom. The van der Waals surface area contributed by atoms with Crippen LogP contribution in [0.5, 0.6) is 0 Å². The number of amides is 2. The van der Waals surface area contributed by atoms with Crippen LogP contribution in [0.2, 0.25) is 0 Å². The first-order valence-electron chi connectivity index (χ1n) is 15.7. The maximum Gasteiger partial charge on any atom is 0.321 e. The molecular formula is C30H49N7O4. The van der Waals surface area contributed by atoms with Gasteiger partial charge >= 0.3 is 5.97 Å². The third-order valence-corrected chi connectivity index (χ3v) is 9.07. The van der Waals surface area contributed by atoms with E-state index in [1.807, 2.05) is 4.90 Å². The number of ether oxygens (including phenoxy) is 1. The summed E-state index contributed by atoms with van der Waals surface area (Å²) >= 11 is 0. The van der Waals surface area contributed by atoms with E-state index in [9.17, 15) is 14.4 Å². The fourth-order valence-corrected chi connectivity index (χ4v) is 6.59. The average molecular weight is 572 g/mol.